The summed E-state index contributed by atoms with van der Waals surface area (Å²) in [7, 11) is 1.69. The van der Waals surface area contributed by atoms with Gasteiger partial charge < -0.3 is 9.32 Å². The van der Waals surface area contributed by atoms with Gasteiger partial charge in [0.05, 0.1) is 17.2 Å². The van der Waals surface area contributed by atoms with Crippen molar-refractivity contribution in [2.45, 2.75) is 32.7 Å². The Morgan fingerprint density at radius 3 is 2.66 bits per heavy atom. The first kappa shape index (κ1) is 20.3. The number of amides is 1. The summed E-state index contributed by atoms with van der Waals surface area (Å²) in [6, 6.07) is 14.0. The molecule has 0 aliphatic rings. The number of hydrogen-bond acceptors (Lipinski definition) is 5. The Hall–Kier alpha value is -3.48. The number of non-ortho nitro benzene ring substituents is 1. The smallest absolute Gasteiger partial charge is 0.269 e. The van der Waals surface area contributed by atoms with Gasteiger partial charge in [0, 0.05) is 37.6 Å². The first-order valence-corrected chi connectivity index (χ1v) is 9.37. The highest BCUT2D eigenvalue weighted by Crippen LogP contribution is 2.24. The van der Waals surface area contributed by atoms with Crippen molar-refractivity contribution in [1.82, 2.24) is 9.88 Å². The number of nitro groups is 1. The quantitative estimate of drug-likeness (QED) is 0.428. The van der Waals surface area contributed by atoms with Gasteiger partial charge >= 0.3 is 0 Å². The molecule has 1 heterocycles. The van der Waals surface area contributed by atoms with Gasteiger partial charge in [0.25, 0.3) is 5.69 Å². The molecule has 0 fully saturated rings. The number of nitrogens with zero attached hydrogens (tertiary/aromatic N) is 3. The molecule has 0 radical (unpaired) electrons. The first-order valence-electron chi connectivity index (χ1n) is 9.37. The normalized spacial score (nSPS) is 11.8. The maximum Gasteiger partial charge on any atom is 0.269 e. The highest BCUT2D eigenvalue weighted by Gasteiger charge is 2.20. The predicted molar refractivity (Wildman–Crippen MR) is 109 cm³/mol. The molecular weight excluding hydrogens is 370 g/mol. The van der Waals surface area contributed by atoms with E-state index in [2.05, 4.69) is 4.98 Å². The van der Waals surface area contributed by atoms with Gasteiger partial charge in [-0.05, 0) is 19.4 Å². The fourth-order valence-electron chi connectivity index (χ4n) is 3.01. The van der Waals surface area contributed by atoms with Crippen LogP contribution in [0.2, 0.25) is 0 Å². The van der Waals surface area contributed by atoms with Crippen LogP contribution >= 0.6 is 0 Å². The molecule has 0 saturated carbocycles. The minimum absolute atomic E-state index is 0.0126. The summed E-state index contributed by atoms with van der Waals surface area (Å²) in [5.74, 6) is 1.09. The largest absolute Gasteiger partial charge is 0.441 e. The maximum atomic E-state index is 12.6. The molecule has 0 aliphatic heterocycles. The summed E-state index contributed by atoms with van der Waals surface area (Å²) >= 11 is 0. The molecule has 7 heteroatoms. The Labute approximate surface area is 169 Å². The van der Waals surface area contributed by atoms with Crippen molar-refractivity contribution >= 4 is 11.6 Å². The fraction of sp³-hybridized carbons (Fsp3) is 0.273. The number of carbonyl (C=O) groups is 1. The van der Waals surface area contributed by atoms with Crippen molar-refractivity contribution < 1.29 is 14.1 Å². The first-order chi connectivity index (χ1) is 13.8. The van der Waals surface area contributed by atoms with E-state index in [4.69, 9.17) is 4.42 Å². The van der Waals surface area contributed by atoms with Crippen LogP contribution in [0.5, 0.6) is 0 Å². The van der Waals surface area contributed by atoms with Crippen molar-refractivity contribution in [3.05, 3.63) is 81.9 Å². The van der Waals surface area contributed by atoms with Crippen LogP contribution in [0.1, 0.15) is 36.4 Å². The molecule has 2 aromatic carbocycles. The van der Waals surface area contributed by atoms with Crippen molar-refractivity contribution in [2.24, 2.45) is 0 Å². The average molecular weight is 393 g/mol. The van der Waals surface area contributed by atoms with Gasteiger partial charge in [-0.2, -0.15) is 0 Å². The number of nitro benzene ring substituents is 1. The zero-order valence-corrected chi connectivity index (χ0v) is 16.7. The number of carbonyl (C=O) groups excluding carboxylic acids is 1. The highest BCUT2D eigenvalue weighted by atomic mass is 16.6. The summed E-state index contributed by atoms with van der Waals surface area (Å²) in [4.78, 5) is 29.0. The lowest BCUT2D eigenvalue weighted by atomic mass is 10.1. The number of oxazole rings is 1. The molecule has 150 valence electrons. The average Bonchev–Trinajstić information content (AvgIpc) is 3.20. The minimum Gasteiger partial charge on any atom is -0.441 e. The molecule has 1 atom stereocenters. The molecule has 29 heavy (non-hydrogen) atoms. The van der Waals surface area contributed by atoms with Crippen LogP contribution in [-0.4, -0.2) is 27.8 Å². The summed E-state index contributed by atoms with van der Waals surface area (Å²) in [6.45, 7) is 3.87. The second-order valence-electron chi connectivity index (χ2n) is 7.02. The Balaban J connectivity index is 1.61. The summed E-state index contributed by atoms with van der Waals surface area (Å²) < 4.78 is 5.77. The van der Waals surface area contributed by atoms with Gasteiger partial charge in [-0.15, -0.1) is 0 Å². The lowest BCUT2D eigenvalue weighted by Gasteiger charge is -2.25. The second-order valence-corrected chi connectivity index (χ2v) is 7.02. The lowest BCUT2D eigenvalue weighted by molar-refractivity contribution is -0.384. The van der Waals surface area contributed by atoms with Gasteiger partial charge in [0.15, 0.2) is 11.7 Å². The zero-order valence-electron chi connectivity index (χ0n) is 16.7. The number of hydrogen-bond donors (Lipinski definition) is 0. The van der Waals surface area contributed by atoms with Crippen LogP contribution in [0, 0.1) is 17.0 Å². The van der Waals surface area contributed by atoms with E-state index in [-0.39, 0.29) is 24.1 Å². The third-order valence-corrected chi connectivity index (χ3v) is 4.98. The molecule has 0 aliphatic carbocycles. The van der Waals surface area contributed by atoms with E-state index in [0.29, 0.717) is 23.6 Å². The standard InChI is InChI=1S/C22H23N3O4/c1-15-7-9-17(10-8-15)20-14-23-21(29-20)11-12-22(26)24(3)16(2)18-5-4-6-19(13-18)25(27)28/h4-10,13-14,16H,11-12H2,1-3H3. The van der Waals surface area contributed by atoms with Crippen molar-refractivity contribution in [1.29, 1.82) is 0 Å². The van der Waals surface area contributed by atoms with E-state index >= 15 is 0 Å². The van der Waals surface area contributed by atoms with Crippen molar-refractivity contribution in [2.75, 3.05) is 7.05 Å². The Kier molecular flexibility index (Phi) is 6.07. The maximum absolute atomic E-state index is 12.6. The van der Waals surface area contributed by atoms with Crippen LogP contribution in [0.3, 0.4) is 0 Å². The molecule has 1 unspecified atom stereocenters. The Bertz CT molecular complexity index is 1010. The summed E-state index contributed by atoms with van der Waals surface area (Å²) in [6.07, 6.45) is 2.29. The molecular formula is C22H23N3O4. The zero-order chi connectivity index (χ0) is 21.0. The van der Waals surface area contributed by atoms with Crippen LogP contribution in [0.15, 0.2) is 59.1 Å². The monoisotopic (exact) mass is 393 g/mol. The molecule has 0 bridgehead atoms. The van der Waals surface area contributed by atoms with Crippen molar-refractivity contribution in [3.63, 3.8) is 0 Å². The van der Waals surface area contributed by atoms with E-state index in [1.54, 1.807) is 30.3 Å². The van der Waals surface area contributed by atoms with Crippen LogP contribution < -0.4 is 0 Å². The second kappa shape index (κ2) is 8.68. The molecule has 3 aromatic rings. The molecule has 7 nitrogen and oxygen atoms in total. The Morgan fingerprint density at radius 2 is 1.97 bits per heavy atom. The SMILES string of the molecule is Cc1ccc(-c2cnc(CCC(=O)N(C)C(C)c3cccc([N+](=O)[O-])c3)o2)cc1. The van der Waals surface area contributed by atoms with Gasteiger partial charge in [-0.3, -0.25) is 14.9 Å². The number of aryl methyl sites for hydroxylation is 2. The van der Waals surface area contributed by atoms with E-state index < -0.39 is 4.92 Å². The summed E-state index contributed by atoms with van der Waals surface area (Å²) in [5.41, 5.74) is 2.84. The van der Waals surface area contributed by atoms with Gasteiger partial charge in [-0.1, -0.05) is 42.0 Å². The third-order valence-electron chi connectivity index (χ3n) is 4.98. The van der Waals surface area contributed by atoms with Gasteiger partial charge in [0.2, 0.25) is 5.91 Å². The number of aromatic nitrogens is 1. The Morgan fingerprint density at radius 1 is 1.24 bits per heavy atom. The number of rotatable bonds is 7. The third kappa shape index (κ3) is 4.87. The van der Waals surface area contributed by atoms with Gasteiger partial charge in [-0.25, -0.2) is 4.98 Å². The van der Waals surface area contributed by atoms with E-state index in [1.807, 2.05) is 38.1 Å². The molecule has 0 N–H and O–H groups in total. The predicted octanol–water partition coefficient (Wildman–Crippen LogP) is 4.71. The van der Waals surface area contributed by atoms with E-state index in [9.17, 15) is 14.9 Å². The van der Waals surface area contributed by atoms with E-state index in [1.165, 1.54) is 17.7 Å². The summed E-state index contributed by atoms with van der Waals surface area (Å²) in [5, 5.41) is 11.0. The fourth-order valence-corrected chi connectivity index (χ4v) is 3.01. The highest BCUT2D eigenvalue weighted by molar-refractivity contribution is 5.76. The molecule has 0 spiro atoms. The molecule has 3 rings (SSSR count). The minimum atomic E-state index is -0.438. The van der Waals surface area contributed by atoms with Gasteiger partial charge in [0.1, 0.15) is 0 Å². The lowest BCUT2D eigenvalue weighted by Crippen LogP contribution is -2.29. The molecule has 1 aromatic heterocycles. The van der Waals surface area contributed by atoms with Crippen LogP contribution in [-0.2, 0) is 11.2 Å². The molecule has 0 saturated heterocycles. The van der Waals surface area contributed by atoms with E-state index in [0.717, 1.165) is 5.56 Å². The van der Waals surface area contributed by atoms with Crippen LogP contribution in [0.25, 0.3) is 11.3 Å². The number of benzene rings is 2. The topological polar surface area (TPSA) is 89.5 Å². The van der Waals surface area contributed by atoms with Crippen LogP contribution in [0.4, 0.5) is 5.69 Å². The molecule has 1 amide bonds. The van der Waals surface area contributed by atoms with Crippen molar-refractivity contribution in [3.8, 4) is 11.3 Å².